The average molecular weight is 502 g/mol. The van der Waals surface area contributed by atoms with E-state index in [0.717, 1.165) is 21.1 Å². The van der Waals surface area contributed by atoms with Crippen molar-refractivity contribution in [2.45, 2.75) is 32.8 Å². The molecule has 0 aliphatic carbocycles. The third-order valence-corrected chi connectivity index (χ3v) is 6.29. The van der Waals surface area contributed by atoms with E-state index in [-0.39, 0.29) is 11.8 Å². The molecule has 11 heteroatoms. The number of ether oxygens (including phenoxy) is 2. The largest absolute Gasteiger partial charge is 0.465 e. The lowest BCUT2D eigenvalue weighted by atomic mass is 10.2. The first-order chi connectivity index (χ1) is 12.6. The summed E-state index contributed by atoms with van der Waals surface area (Å²) in [6, 6.07) is 1.67. The number of alkyl halides is 1. The van der Waals surface area contributed by atoms with Crippen LogP contribution in [0.3, 0.4) is 0 Å². The van der Waals surface area contributed by atoms with Crippen molar-refractivity contribution in [2.75, 3.05) is 25.3 Å². The second-order valence-electron chi connectivity index (χ2n) is 6.19. The summed E-state index contributed by atoms with van der Waals surface area (Å²) in [5.74, 6) is 0.307. The Balaban J connectivity index is 2.81. The maximum absolute atomic E-state index is 12.3. The van der Waals surface area contributed by atoms with Gasteiger partial charge in [0.05, 0.1) is 7.11 Å². The van der Waals surface area contributed by atoms with Crippen molar-refractivity contribution < 1.29 is 23.9 Å². The topological polar surface area (TPSA) is 84.9 Å². The molecular formula is C16H22BrClN2O5S2. The lowest BCUT2D eigenvalue weighted by Gasteiger charge is -2.25. The number of rotatable bonds is 6. The van der Waals surface area contributed by atoms with Crippen LogP contribution in [0.25, 0.3) is 0 Å². The summed E-state index contributed by atoms with van der Waals surface area (Å²) in [6.45, 7) is 5.40. The Kier molecular flexibility index (Phi) is 9.92. The highest BCUT2D eigenvalue weighted by atomic mass is 79.9. The number of hydrogen-bond donors (Lipinski definition) is 1. The molecule has 27 heavy (non-hydrogen) atoms. The standard InChI is InChI=1S/C16H22BrClN2O5S2/c1-16(2,3)25-14(22)19-20(15(23)26-8-6-18)7-5-11-10(17)9-12(27-11)13(21)24-4/h9H,5-8H2,1-4H3,(H,19,22). The van der Waals surface area contributed by atoms with E-state index in [4.69, 9.17) is 21.1 Å². The van der Waals surface area contributed by atoms with E-state index in [2.05, 4.69) is 21.4 Å². The molecule has 0 aromatic carbocycles. The first-order valence-corrected chi connectivity index (χ1v) is 11.1. The first-order valence-electron chi connectivity index (χ1n) is 7.93. The number of carbonyl (C=O) groups excluding carboxylic acids is 3. The predicted octanol–water partition coefficient (Wildman–Crippen LogP) is 4.67. The van der Waals surface area contributed by atoms with Crippen LogP contribution in [0.2, 0.25) is 0 Å². The molecule has 2 amide bonds. The van der Waals surface area contributed by atoms with Gasteiger partial charge < -0.3 is 9.47 Å². The Hall–Kier alpha value is -0.970. The van der Waals surface area contributed by atoms with Crippen molar-refractivity contribution in [2.24, 2.45) is 0 Å². The fraction of sp³-hybridized carbons (Fsp3) is 0.562. The monoisotopic (exact) mass is 500 g/mol. The molecule has 1 heterocycles. The lowest BCUT2D eigenvalue weighted by Crippen LogP contribution is -2.47. The Labute approximate surface area is 180 Å². The van der Waals surface area contributed by atoms with Crippen molar-refractivity contribution in [3.05, 3.63) is 20.3 Å². The van der Waals surface area contributed by atoms with Crippen LogP contribution in [0.15, 0.2) is 10.5 Å². The van der Waals surface area contributed by atoms with Crippen LogP contribution in [-0.2, 0) is 15.9 Å². The fourth-order valence-corrected chi connectivity index (χ4v) is 4.36. The second kappa shape index (κ2) is 11.1. The number of nitrogens with zero attached hydrogens (tertiary/aromatic N) is 1. The molecule has 0 spiro atoms. The van der Waals surface area contributed by atoms with E-state index in [9.17, 15) is 14.4 Å². The van der Waals surface area contributed by atoms with Gasteiger partial charge in [-0.1, -0.05) is 11.8 Å². The van der Waals surface area contributed by atoms with Crippen LogP contribution >= 0.6 is 50.6 Å². The van der Waals surface area contributed by atoms with Gasteiger partial charge in [-0.15, -0.1) is 22.9 Å². The third-order valence-electron chi connectivity index (χ3n) is 2.85. The van der Waals surface area contributed by atoms with Gasteiger partial charge in [0, 0.05) is 33.9 Å². The van der Waals surface area contributed by atoms with E-state index in [1.807, 2.05) is 0 Å². The van der Waals surface area contributed by atoms with Gasteiger partial charge in [0.1, 0.15) is 10.5 Å². The summed E-state index contributed by atoms with van der Waals surface area (Å²) in [6.07, 6.45) is -0.298. The minimum absolute atomic E-state index is 0.201. The predicted molar refractivity (Wildman–Crippen MR) is 112 cm³/mol. The molecule has 0 saturated heterocycles. The average Bonchev–Trinajstić information content (AvgIpc) is 2.94. The van der Waals surface area contributed by atoms with Crippen LogP contribution in [0.5, 0.6) is 0 Å². The van der Waals surface area contributed by atoms with Crippen molar-refractivity contribution in [1.82, 2.24) is 10.4 Å². The molecule has 0 aliphatic heterocycles. The molecule has 0 fully saturated rings. The van der Waals surface area contributed by atoms with Gasteiger partial charge in [0.2, 0.25) is 0 Å². The van der Waals surface area contributed by atoms with E-state index in [1.165, 1.54) is 23.5 Å². The number of nitrogens with one attached hydrogen (secondary N) is 1. The Morgan fingerprint density at radius 2 is 2.04 bits per heavy atom. The van der Waals surface area contributed by atoms with E-state index in [1.54, 1.807) is 26.8 Å². The fourth-order valence-electron chi connectivity index (χ4n) is 1.80. The van der Waals surface area contributed by atoms with Crippen molar-refractivity contribution >= 4 is 67.9 Å². The maximum Gasteiger partial charge on any atom is 0.426 e. The van der Waals surface area contributed by atoms with Crippen LogP contribution in [0.1, 0.15) is 35.3 Å². The SMILES string of the molecule is COC(=O)c1cc(Br)c(CCN(NC(=O)OC(C)(C)C)C(=O)SCCCl)s1. The number of hydrogen-bond acceptors (Lipinski definition) is 7. The normalized spacial score (nSPS) is 11.0. The van der Waals surface area contributed by atoms with Crippen LogP contribution in [0, 0.1) is 0 Å². The molecule has 1 aromatic rings. The van der Waals surface area contributed by atoms with Crippen molar-refractivity contribution in [3.8, 4) is 0 Å². The highest BCUT2D eigenvalue weighted by Crippen LogP contribution is 2.28. The molecular weight excluding hydrogens is 480 g/mol. The number of thioether (sulfide) groups is 1. The zero-order valence-corrected chi connectivity index (χ0v) is 19.4. The maximum atomic E-state index is 12.3. The highest BCUT2D eigenvalue weighted by molar-refractivity contribution is 9.10. The van der Waals surface area contributed by atoms with Crippen molar-refractivity contribution in [1.29, 1.82) is 0 Å². The molecule has 0 aliphatic rings. The van der Waals surface area contributed by atoms with Gasteiger partial charge in [-0.05, 0) is 42.8 Å². The summed E-state index contributed by atoms with van der Waals surface area (Å²) in [4.78, 5) is 37.3. The Bertz CT molecular complexity index is 678. The molecule has 0 unspecified atom stereocenters. The minimum Gasteiger partial charge on any atom is -0.465 e. The summed E-state index contributed by atoms with van der Waals surface area (Å²) in [5.41, 5.74) is 1.78. The van der Waals surface area contributed by atoms with E-state index >= 15 is 0 Å². The second-order valence-corrected chi connectivity index (χ2v) is 9.61. The number of hydrazine groups is 1. The number of amides is 2. The van der Waals surface area contributed by atoms with Gasteiger partial charge in [-0.3, -0.25) is 4.79 Å². The number of halogens is 2. The Morgan fingerprint density at radius 1 is 1.37 bits per heavy atom. The molecule has 1 aromatic heterocycles. The van der Waals surface area contributed by atoms with E-state index in [0.29, 0.717) is 22.9 Å². The summed E-state index contributed by atoms with van der Waals surface area (Å²) in [5, 5.41) is 0.845. The van der Waals surface area contributed by atoms with Crippen LogP contribution < -0.4 is 5.43 Å². The quantitative estimate of drug-likeness (QED) is 0.346. The number of thiophene rings is 1. The van der Waals surface area contributed by atoms with Crippen molar-refractivity contribution in [3.63, 3.8) is 0 Å². The van der Waals surface area contributed by atoms with Crippen LogP contribution in [-0.4, -0.2) is 53.2 Å². The van der Waals surface area contributed by atoms with Gasteiger partial charge >= 0.3 is 12.1 Å². The van der Waals surface area contributed by atoms with Gasteiger partial charge in [-0.25, -0.2) is 20.0 Å². The first kappa shape index (κ1) is 24.1. The lowest BCUT2D eigenvalue weighted by molar-refractivity contribution is 0.0395. The number of esters is 1. The third kappa shape index (κ3) is 8.71. The van der Waals surface area contributed by atoms with Gasteiger partial charge in [-0.2, -0.15) is 0 Å². The van der Waals surface area contributed by atoms with Crippen LogP contribution in [0.4, 0.5) is 9.59 Å². The van der Waals surface area contributed by atoms with Gasteiger partial charge in [0.25, 0.3) is 5.24 Å². The zero-order valence-electron chi connectivity index (χ0n) is 15.5. The molecule has 1 N–H and O–H groups in total. The Morgan fingerprint density at radius 3 is 2.59 bits per heavy atom. The number of carbonyl (C=O) groups is 3. The number of methoxy groups -OCH3 is 1. The molecule has 152 valence electrons. The highest BCUT2D eigenvalue weighted by Gasteiger charge is 2.22. The summed E-state index contributed by atoms with van der Waals surface area (Å²) >= 11 is 11.3. The molecule has 0 bridgehead atoms. The molecule has 0 radical (unpaired) electrons. The zero-order chi connectivity index (χ0) is 20.6. The molecule has 1 rings (SSSR count). The summed E-state index contributed by atoms with van der Waals surface area (Å²) in [7, 11) is 1.31. The van der Waals surface area contributed by atoms with Gasteiger partial charge in [0.15, 0.2) is 0 Å². The van der Waals surface area contributed by atoms with E-state index < -0.39 is 17.7 Å². The smallest absolute Gasteiger partial charge is 0.426 e. The molecule has 7 nitrogen and oxygen atoms in total. The summed E-state index contributed by atoms with van der Waals surface area (Å²) < 4.78 is 10.7. The molecule has 0 saturated carbocycles. The molecule has 0 atom stereocenters. The minimum atomic E-state index is -0.720.